The summed E-state index contributed by atoms with van der Waals surface area (Å²) in [5, 5.41) is 0. The van der Waals surface area contributed by atoms with Crippen LogP contribution in [-0.4, -0.2) is 25.2 Å². The van der Waals surface area contributed by atoms with Crippen molar-refractivity contribution in [3.8, 4) is 0 Å². The summed E-state index contributed by atoms with van der Waals surface area (Å²) in [6.45, 7) is 6.18. The largest absolute Gasteiger partial charge is 0.466 e. The zero-order valence-electron chi connectivity index (χ0n) is 8.33. The van der Waals surface area contributed by atoms with Crippen LogP contribution in [0.2, 0.25) is 0 Å². The minimum absolute atomic E-state index is 0.283. The maximum Gasteiger partial charge on any atom is 0.317 e. The third-order valence-corrected chi connectivity index (χ3v) is 1.17. The number of rotatable bonds is 5. The number of hydrogen-bond acceptors (Lipinski definition) is 4. The third-order valence-electron chi connectivity index (χ3n) is 1.17. The second kappa shape index (κ2) is 6.46. The Morgan fingerprint density at radius 3 is 2.15 bits per heavy atom. The van der Waals surface area contributed by atoms with E-state index in [4.69, 9.17) is 4.74 Å². The highest BCUT2D eigenvalue weighted by molar-refractivity contribution is 5.91. The molecule has 0 aromatic rings. The van der Waals surface area contributed by atoms with Gasteiger partial charge in [-0.3, -0.25) is 9.59 Å². The normalized spacial score (nSPS) is 9.85. The summed E-state index contributed by atoms with van der Waals surface area (Å²) >= 11 is 0. The van der Waals surface area contributed by atoms with Gasteiger partial charge in [-0.05, 0) is 12.8 Å². The molecular formula is C9H16O4. The molecule has 0 N–H and O–H groups in total. The van der Waals surface area contributed by atoms with Crippen LogP contribution in [-0.2, 0) is 19.1 Å². The molecule has 4 heteroatoms. The number of hydrogen-bond donors (Lipinski definition) is 0. The van der Waals surface area contributed by atoms with E-state index in [1.54, 1.807) is 6.92 Å². The molecule has 0 aliphatic carbocycles. The first-order valence-electron chi connectivity index (χ1n) is 4.37. The second-order valence-electron chi connectivity index (χ2n) is 3.06. The molecule has 0 aliphatic heterocycles. The van der Waals surface area contributed by atoms with Crippen LogP contribution >= 0.6 is 0 Å². The van der Waals surface area contributed by atoms with E-state index in [0.717, 1.165) is 0 Å². The van der Waals surface area contributed by atoms with E-state index in [9.17, 15) is 9.59 Å². The lowest BCUT2D eigenvalue weighted by molar-refractivity contribution is -0.154. The molecule has 0 bridgehead atoms. The third kappa shape index (κ3) is 7.31. The van der Waals surface area contributed by atoms with Crippen molar-refractivity contribution in [2.75, 3.05) is 13.2 Å². The van der Waals surface area contributed by atoms with Crippen LogP contribution in [0.15, 0.2) is 0 Å². The van der Waals surface area contributed by atoms with Crippen molar-refractivity contribution >= 4 is 11.9 Å². The highest BCUT2D eigenvalue weighted by Gasteiger charge is 2.11. The van der Waals surface area contributed by atoms with E-state index in [1.165, 1.54) is 0 Å². The zero-order chi connectivity index (χ0) is 10.3. The monoisotopic (exact) mass is 188 g/mol. The summed E-state index contributed by atoms with van der Waals surface area (Å²) in [5.74, 6) is -0.769. The van der Waals surface area contributed by atoms with E-state index in [0.29, 0.717) is 6.61 Å². The highest BCUT2D eigenvalue weighted by Crippen LogP contribution is 1.96. The highest BCUT2D eigenvalue weighted by atomic mass is 16.6. The van der Waals surface area contributed by atoms with Gasteiger partial charge >= 0.3 is 11.9 Å². The molecule has 0 saturated carbocycles. The Kier molecular flexibility index (Phi) is 5.93. The van der Waals surface area contributed by atoms with Gasteiger partial charge in [-0.25, -0.2) is 0 Å². The Morgan fingerprint density at radius 2 is 1.69 bits per heavy atom. The van der Waals surface area contributed by atoms with Gasteiger partial charge in [0.2, 0.25) is 0 Å². The van der Waals surface area contributed by atoms with Crippen molar-refractivity contribution in [1.82, 2.24) is 0 Å². The van der Waals surface area contributed by atoms with Crippen LogP contribution in [0.25, 0.3) is 0 Å². The second-order valence-corrected chi connectivity index (χ2v) is 3.06. The van der Waals surface area contributed by atoms with E-state index >= 15 is 0 Å². The zero-order valence-corrected chi connectivity index (χ0v) is 8.33. The first-order valence-corrected chi connectivity index (χ1v) is 4.37. The van der Waals surface area contributed by atoms with Gasteiger partial charge < -0.3 is 9.47 Å². The van der Waals surface area contributed by atoms with Crippen molar-refractivity contribution in [3.05, 3.63) is 0 Å². The number of carbonyl (C=O) groups excluding carboxylic acids is 2. The van der Waals surface area contributed by atoms with Gasteiger partial charge in [0.25, 0.3) is 0 Å². The van der Waals surface area contributed by atoms with Gasteiger partial charge in [-0.15, -0.1) is 0 Å². The van der Waals surface area contributed by atoms with Crippen LogP contribution in [0.3, 0.4) is 0 Å². The predicted molar refractivity (Wildman–Crippen MR) is 47.0 cm³/mol. The SMILES string of the molecule is CCOC(=O)CC(=O)OCC(C)C. The Hall–Kier alpha value is -1.06. The van der Waals surface area contributed by atoms with Crippen LogP contribution in [0, 0.1) is 5.92 Å². The average molecular weight is 188 g/mol. The summed E-state index contributed by atoms with van der Waals surface area (Å²) < 4.78 is 9.36. The molecule has 0 amide bonds. The molecule has 76 valence electrons. The topological polar surface area (TPSA) is 52.6 Å². The molecule has 0 fully saturated rings. The molecule has 0 radical (unpaired) electrons. The predicted octanol–water partition coefficient (Wildman–Crippen LogP) is 1.14. The standard InChI is InChI=1S/C9H16O4/c1-4-12-8(10)5-9(11)13-6-7(2)3/h7H,4-6H2,1-3H3. The molecule has 4 nitrogen and oxygen atoms in total. The van der Waals surface area contributed by atoms with Gasteiger partial charge in [-0.1, -0.05) is 13.8 Å². The Bertz CT molecular complexity index is 174. The Morgan fingerprint density at radius 1 is 1.15 bits per heavy atom. The van der Waals surface area contributed by atoms with E-state index in [1.807, 2.05) is 13.8 Å². The molecule has 0 spiro atoms. The molecule has 0 saturated heterocycles. The molecule has 0 rings (SSSR count). The number of esters is 2. The van der Waals surface area contributed by atoms with Crippen molar-refractivity contribution in [1.29, 1.82) is 0 Å². The maximum atomic E-state index is 10.9. The first kappa shape index (κ1) is 11.9. The summed E-state index contributed by atoms with van der Waals surface area (Å²) in [4.78, 5) is 21.7. The summed E-state index contributed by atoms with van der Waals surface area (Å²) in [6, 6.07) is 0. The lowest BCUT2D eigenvalue weighted by atomic mass is 10.2. The smallest absolute Gasteiger partial charge is 0.317 e. The fourth-order valence-electron chi connectivity index (χ4n) is 0.641. The van der Waals surface area contributed by atoms with Gasteiger partial charge in [-0.2, -0.15) is 0 Å². The van der Waals surface area contributed by atoms with Crippen LogP contribution < -0.4 is 0 Å². The van der Waals surface area contributed by atoms with E-state index < -0.39 is 11.9 Å². The molecule has 0 atom stereocenters. The summed E-state index contributed by atoms with van der Waals surface area (Å²) in [7, 11) is 0. The lowest BCUT2D eigenvalue weighted by Gasteiger charge is -2.06. The molecule has 0 unspecified atom stereocenters. The van der Waals surface area contributed by atoms with Gasteiger partial charge in [0.05, 0.1) is 13.2 Å². The molecular weight excluding hydrogens is 172 g/mol. The average Bonchev–Trinajstić information content (AvgIpc) is 2.01. The number of ether oxygens (including phenoxy) is 2. The summed E-state index contributed by atoms with van der Waals surface area (Å²) in [6.07, 6.45) is -0.291. The van der Waals surface area contributed by atoms with E-state index in [-0.39, 0.29) is 18.9 Å². The first-order chi connectivity index (χ1) is 6.06. The quantitative estimate of drug-likeness (QED) is 0.479. The van der Waals surface area contributed by atoms with Crippen LogP contribution in [0.5, 0.6) is 0 Å². The van der Waals surface area contributed by atoms with Crippen molar-refractivity contribution in [2.24, 2.45) is 5.92 Å². The van der Waals surface area contributed by atoms with Crippen LogP contribution in [0.1, 0.15) is 27.2 Å². The molecule has 0 aromatic heterocycles. The lowest BCUT2D eigenvalue weighted by Crippen LogP contribution is -2.15. The van der Waals surface area contributed by atoms with Crippen molar-refractivity contribution < 1.29 is 19.1 Å². The number of carbonyl (C=O) groups is 2. The minimum Gasteiger partial charge on any atom is -0.466 e. The van der Waals surface area contributed by atoms with Crippen molar-refractivity contribution in [3.63, 3.8) is 0 Å². The summed E-state index contributed by atoms with van der Waals surface area (Å²) in [5.41, 5.74) is 0. The molecule has 0 heterocycles. The fourth-order valence-corrected chi connectivity index (χ4v) is 0.641. The molecule has 0 aliphatic rings. The fraction of sp³-hybridized carbons (Fsp3) is 0.778. The Balaban J connectivity index is 3.56. The molecule has 13 heavy (non-hydrogen) atoms. The van der Waals surface area contributed by atoms with Gasteiger partial charge in [0.1, 0.15) is 6.42 Å². The van der Waals surface area contributed by atoms with Crippen molar-refractivity contribution in [2.45, 2.75) is 27.2 Å². The van der Waals surface area contributed by atoms with Gasteiger partial charge in [0.15, 0.2) is 0 Å². The molecule has 0 aromatic carbocycles. The Labute approximate surface area is 78.2 Å². The van der Waals surface area contributed by atoms with Crippen LogP contribution in [0.4, 0.5) is 0 Å². The maximum absolute atomic E-state index is 10.9. The minimum atomic E-state index is -0.531. The van der Waals surface area contributed by atoms with Gasteiger partial charge in [0, 0.05) is 0 Å². The van der Waals surface area contributed by atoms with E-state index in [2.05, 4.69) is 4.74 Å².